The van der Waals surface area contributed by atoms with E-state index in [1.165, 1.54) is 5.56 Å². The number of nitrogens with two attached hydrogens (primary N) is 1. The zero-order valence-corrected chi connectivity index (χ0v) is 17.5. The first-order valence-corrected chi connectivity index (χ1v) is 10.5. The average molecular weight is 397 g/mol. The van der Waals surface area contributed by atoms with E-state index < -0.39 is 10.9 Å². The molecule has 2 N–H and O–H groups in total. The molecule has 1 aromatic heterocycles. The van der Waals surface area contributed by atoms with Crippen LogP contribution in [0.2, 0.25) is 0 Å². The number of aromatic nitrogens is 1. The van der Waals surface area contributed by atoms with Gasteiger partial charge in [0.05, 0.1) is 17.2 Å². The molecule has 1 fully saturated rings. The van der Waals surface area contributed by atoms with Crippen LogP contribution in [0.3, 0.4) is 0 Å². The Balaban J connectivity index is 1.70. The SMILES string of the molecule is [B]C1([B])OC(N)=N[C@]12c1cc(-c3ccccn3)ccc1C[C@@]21CC[C@H](OC)[C@@H](C)C1. The molecular formula is C23H25B2N3O2. The normalized spacial score (nSPS) is 34.0. The molecule has 1 aliphatic heterocycles. The number of benzene rings is 1. The van der Waals surface area contributed by atoms with Crippen LogP contribution in [0.15, 0.2) is 47.6 Å². The third-order valence-corrected chi connectivity index (χ3v) is 7.43. The van der Waals surface area contributed by atoms with Crippen LogP contribution in [0.25, 0.3) is 11.3 Å². The molecule has 2 spiro atoms. The Hall–Kier alpha value is -2.27. The van der Waals surface area contributed by atoms with E-state index in [2.05, 4.69) is 30.1 Å². The highest BCUT2D eigenvalue weighted by atomic mass is 16.5. The van der Waals surface area contributed by atoms with Gasteiger partial charge in [0.25, 0.3) is 6.02 Å². The monoisotopic (exact) mass is 397 g/mol. The molecule has 0 unspecified atom stereocenters. The Labute approximate surface area is 180 Å². The number of hydrogen-bond donors (Lipinski definition) is 1. The summed E-state index contributed by atoms with van der Waals surface area (Å²) in [5, 5.41) is -1.52. The topological polar surface area (TPSA) is 69.7 Å². The summed E-state index contributed by atoms with van der Waals surface area (Å²) < 4.78 is 11.5. The lowest BCUT2D eigenvalue weighted by Gasteiger charge is -2.53. The summed E-state index contributed by atoms with van der Waals surface area (Å²) in [6.07, 6.45) is 5.54. The van der Waals surface area contributed by atoms with Gasteiger partial charge in [0, 0.05) is 24.3 Å². The molecule has 1 aromatic carbocycles. The van der Waals surface area contributed by atoms with Gasteiger partial charge >= 0.3 is 0 Å². The van der Waals surface area contributed by atoms with Gasteiger partial charge in [-0.3, -0.25) is 4.98 Å². The summed E-state index contributed by atoms with van der Waals surface area (Å²) in [4.78, 5) is 9.38. The lowest BCUT2D eigenvalue weighted by Crippen LogP contribution is -2.60. The molecule has 30 heavy (non-hydrogen) atoms. The maximum atomic E-state index is 6.64. The van der Waals surface area contributed by atoms with Crippen LogP contribution in [0.5, 0.6) is 0 Å². The summed E-state index contributed by atoms with van der Waals surface area (Å²) in [5.74, 6) is 0.345. The summed E-state index contributed by atoms with van der Waals surface area (Å²) in [6, 6.07) is 12.3. The summed E-state index contributed by atoms with van der Waals surface area (Å²) >= 11 is 0. The molecule has 2 heterocycles. The summed E-state index contributed by atoms with van der Waals surface area (Å²) in [5.41, 5.74) is 8.94. The molecular weight excluding hydrogens is 372 g/mol. The largest absolute Gasteiger partial charge is 0.476 e. The molecule has 7 heteroatoms. The van der Waals surface area contributed by atoms with Crippen molar-refractivity contribution in [2.75, 3.05) is 7.11 Å². The van der Waals surface area contributed by atoms with Crippen LogP contribution >= 0.6 is 0 Å². The molecule has 3 aliphatic rings. The maximum absolute atomic E-state index is 6.64. The van der Waals surface area contributed by atoms with E-state index in [4.69, 9.17) is 35.9 Å². The first kappa shape index (κ1) is 19.7. The van der Waals surface area contributed by atoms with Crippen LogP contribution in [-0.2, 0) is 21.4 Å². The number of hydrogen-bond acceptors (Lipinski definition) is 5. The number of ether oxygens (including phenoxy) is 2. The summed E-state index contributed by atoms with van der Waals surface area (Å²) in [6.45, 7) is 2.22. The average Bonchev–Trinajstić information content (AvgIpc) is 3.13. The predicted octanol–water partition coefficient (Wildman–Crippen LogP) is 2.66. The number of methoxy groups -OCH3 is 1. The van der Waals surface area contributed by atoms with Gasteiger partial charge in [-0.15, -0.1) is 0 Å². The van der Waals surface area contributed by atoms with Gasteiger partial charge in [0.15, 0.2) is 0 Å². The highest BCUT2D eigenvalue weighted by Crippen LogP contribution is 2.65. The van der Waals surface area contributed by atoms with Crippen molar-refractivity contribution in [1.82, 2.24) is 4.98 Å². The number of nitrogens with zero attached hydrogens (tertiary/aromatic N) is 2. The number of amidine groups is 1. The van der Waals surface area contributed by atoms with Gasteiger partial charge in [-0.25, -0.2) is 4.99 Å². The molecule has 150 valence electrons. The van der Waals surface area contributed by atoms with Crippen molar-refractivity contribution in [3.8, 4) is 11.3 Å². The fourth-order valence-corrected chi connectivity index (χ4v) is 6.26. The van der Waals surface area contributed by atoms with Crippen molar-refractivity contribution < 1.29 is 9.47 Å². The number of rotatable bonds is 2. The van der Waals surface area contributed by atoms with E-state index in [-0.39, 0.29) is 17.5 Å². The third kappa shape index (κ3) is 2.54. The molecule has 0 saturated heterocycles. The second kappa shape index (κ2) is 6.61. The van der Waals surface area contributed by atoms with Crippen molar-refractivity contribution in [1.29, 1.82) is 0 Å². The van der Waals surface area contributed by atoms with E-state index >= 15 is 0 Å². The minimum absolute atomic E-state index is 0.0528. The van der Waals surface area contributed by atoms with Crippen molar-refractivity contribution in [3.63, 3.8) is 0 Å². The molecule has 0 amide bonds. The molecule has 2 aromatic rings. The Morgan fingerprint density at radius 3 is 2.70 bits per heavy atom. The smallest absolute Gasteiger partial charge is 0.281 e. The third-order valence-electron chi connectivity index (χ3n) is 7.43. The van der Waals surface area contributed by atoms with Crippen molar-refractivity contribution in [3.05, 3.63) is 53.7 Å². The second-order valence-electron chi connectivity index (χ2n) is 9.09. The quantitative estimate of drug-likeness (QED) is 0.792. The highest BCUT2D eigenvalue weighted by molar-refractivity contribution is 6.41. The van der Waals surface area contributed by atoms with Crippen LogP contribution in [0, 0.1) is 11.3 Å². The van der Waals surface area contributed by atoms with E-state index in [1.54, 1.807) is 13.3 Å². The Bertz CT molecular complexity index is 1010. The van der Waals surface area contributed by atoms with E-state index in [0.717, 1.165) is 42.5 Å². The molecule has 5 nitrogen and oxygen atoms in total. The van der Waals surface area contributed by atoms with Crippen LogP contribution in [0.1, 0.15) is 37.3 Å². The minimum Gasteiger partial charge on any atom is -0.476 e. The lowest BCUT2D eigenvalue weighted by molar-refractivity contribution is -0.0559. The molecule has 1 saturated carbocycles. The molecule has 4 atom stereocenters. The van der Waals surface area contributed by atoms with Gasteiger partial charge < -0.3 is 15.2 Å². The zero-order chi connectivity index (χ0) is 21.1. The van der Waals surface area contributed by atoms with Crippen LogP contribution in [0.4, 0.5) is 0 Å². The van der Waals surface area contributed by atoms with Gasteiger partial charge in [0.1, 0.15) is 21.2 Å². The van der Waals surface area contributed by atoms with Crippen molar-refractivity contribution in [2.24, 2.45) is 22.1 Å². The van der Waals surface area contributed by atoms with Crippen LogP contribution in [-0.4, -0.2) is 45.3 Å². The van der Waals surface area contributed by atoms with E-state index in [1.807, 2.05) is 18.2 Å². The van der Waals surface area contributed by atoms with E-state index in [0.29, 0.717) is 5.92 Å². The number of pyridine rings is 1. The summed E-state index contributed by atoms with van der Waals surface area (Å²) in [7, 11) is 15.1. The van der Waals surface area contributed by atoms with Gasteiger partial charge in [-0.2, -0.15) is 0 Å². The van der Waals surface area contributed by atoms with Crippen molar-refractivity contribution in [2.45, 2.75) is 49.6 Å². The Kier molecular flexibility index (Phi) is 4.34. The zero-order valence-electron chi connectivity index (χ0n) is 17.5. The maximum Gasteiger partial charge on any atom is 0.281 e. The van der Waals surface area contributed by atoms with Crippen LogP contribution < -0.4 is 5.73 Å². The molecule has 4 radical (unpaired) electrons. The first-order chi connectivity index (χ1) is 14.3. The molecule has 2 aliphatic carbocycles. The fraction of sp³-hybridized carbons (Fsp3) is 0.478. The Morgan fingerprint density at radius 2 is 2.07 bits per heavy atom. The van der Waals surface area contributed by atoms with Gasteiger partial charge in [-0.1, -0.05) is 25.1 Å². The van der Waals surface area contributed by atoms with Crippen molar-refractivity contribution >= 4 is 21.7 Å². The standard InChI is InChI=1S/C23H25B2N3O2/c1-14-12-21(9-8-19(14)29-2)13-16-7-6-15(18-5-3-4-10-27-18)11-17(16)22(21)23(24,25)30-20(26)28-22/h3-7,10-11,14,19H,8-9,12-13H2,1-2H3,(H2,26,28)/t14-,19-,21-,22-/m0/s1. The van der Waals surface area contributed by atoms with Gasteiger partial charge in [0.2, 0.25) is 0 Å². The predicted molar refractivity (Wildman–Crippen MR) is 118 cm³/mol. The lowest BCUT2D eigenvalue weighted by atomic mass is 9.44. The number of fused-ring (bicyclic) bond motifs is 3. The fourth-order valence-electron chi connectivity index (χ4n) is 6.26. The second-order valence-corrected chi connectivity index (χ2v) is 9.09. The molecule has 0 bridgehead atoms. The van der Waals surface area contributed by atoms with E-state index in [9.17, 15) is 0 Å². The Morgan fingerprint density at radius 1 is 1.23 bits per heavy atom. The van der Waals surface area contributed by atoms with Gasteiger partial charge in [-0.05, 0) is 60.9 Å². The highest BCUT2D eigenvalue weighted by Gasteiger charge is 2.68. The minimum atomic E-state index is -1.52. The number of aliphatic imine (C=N–C) groups is 1. The molecule has 5 rings (SSSR count). The first-order valence-electron chi connectivity index (χ1n) is 10.5.